The van der Waals surface area contributed by atoms with E-state index in [1.54, 1.807) is 30.3 Å². The predicted molar refractivity (Wildman–Crippen MR) is 91.4 cm³/mol. The first-order valence-corrected chi connectivity index (χ1v) is 7.35. The van der Waals surface area contributed by atoms with Crippen LogP contribution in [0.4, 0.5) is 5.69 Å². The van der Waals surface area contributed by atoms with Gasteiger partial charge in [-0.15, -0.1) is 0 Å². The van der Waals surface area contributed by atoms with E-state index in [9.17, 15) is 9.59 Å². The highest BCUT2D eigenvalue weighted by Gasteiger charge is 2.16. The van der Waals surface area contributed by atoms with Gasteiger partial charge < -0.3 is 24.8 Å². The summed E-state index contributed by atoms with van der Waals surface area (Å²) in [6.45, 7) is 0. The number of benzene rings is 2. The number of methoxy groups -OCH3 is 2. The van der Waals surface area contributed by atoms with E-state index in [2.05, 4.69) is 15.3 Å². The number of imidazole rings is 1. The Hall–Kier alpha value is -2.93. The zero-order chi connectivity index (χ0) is 17.3. The lowest BCUT2D eigenvalue weighted by Gasteiger charge is -2.13. The van der Waals surface area contributed by atoms with E-state index < -0.39 is 5.91 Å². The summed E-state index contributed by atoms with van der Waals surface area (Å²) in [4.78, 5) is 29.3. The predicted octanol–water partition coefficient (Wildman–Crippen LogP) is 2.78. The van der Waals surface area contributed by atoms with E-state index in [4.69, 9.17) is 21.1 Å². The second-order valence-corrected chi connectivity index (χ2v) is 5.36. The van der Waals surface area contributed by atoms with Gasteiger partial charge in [-0.1, -0.05) is 17.7 Å². The summed E-state index contributed by atoms with van der Waals surface area (Å²) in [6.07, 6.45) is 0. The molecule has 0 unspecified atom stereocenters. The van der Waals surface area contributed by atoms with Crippen LogP contribution < -0.4 is 20.5 Å². The minimum absolute atomic E-state index is 0.321. The lowest BCUT2D eigenvalue weighted by atomic mass is 10.1. The Labute approximate surface area is 141 Å². The number of carbonyl (C=O) groups is 1. The number of fused-ring (bicyclic) bond motifs is 1. The van der Waals surface area contributed by atoms with E-state index >= 15 is 0 Å². The number of aromatic amines is 2. The van der Waals surface area contributed by atoms with Crippen LogP contribution in [-0.2, 0) is 0 Å². The van der Waals surface area contributed by atoms with Crippen molar-refractivity contribution >= 4 is 34.2 Å². The van der Waals surface area contributed by atoms with Crippen LogP contribution in [0.15, 0.2) is 35.1 Å². The average Bonchev–Trinajstić information content (AvgIpc) is 2.95. The molecule has 0 bridgehead atoms. The summed E-state index contributed by atoms with van der Waals surface area (Å²) < 4.78 is 10.4. The van der Waals surface area contributed by atoms with Crippen molar-refractivity contribution in [3.05, 3.63) is 51.4 Å². The Kier molecular flexibility index (Phi) is 4.18. The molecule has 0 radical (unpaired) electrons. The fourth-order valence-electron chi connectivity index (χ4n) is 2.40. The number of H-pyrrole nitrogens is 2. The summed E-state index contributed by atoms with van der Waals surface area (Å²) in [5.74, 6) is 0.392. The summed E-state index contributed by atoms with van der Waals surface area (Å²) in [6, 6.07) is 8.12. The molecule has 0 aliphatic rings. The Balaban J connectivity index is 2.01. The fraction of sp³-hybridized carbons (Fsp3) is 0.125. The van der Waals surface area contributed by atoms with Crippen LogP contribution in [0.5, 0.6) is 11.5 Å². The van der Waals surface area contributed by atoms with E-state index in [-0.39, 0.29) is 5.69 Å². The van der Waals surface area contributed by atoms with Crippen LogP contribution in [0.2, 0.25) is 5.02 Å². The lowest BCUT2D eigenvalue weighted by molar-refractivity contribution is 0.102. The van der Waals surface area contributed by atoms with Crippen LogP contribution >= 0.6 is 11.6 Å². The summed E-state index contributed by atoms with van der Waals surface area (Å²) in [7, 11) is 2.95. The molecule has 3 rings (SSSR count). The smallest absolute Gasteiger partial charge is 0.323 e. The number of ether oxygens (including phenoxy) is 2. The number of amides is 1. The average molecular weight is 348 g/mol. The second-order valence-electron chi connectivity index (χ2n) is 4.95. The summed E-state index contributed by atoms with van der Waals surface area (Å²) in [5.41, 5.74) is 1.32. The number of aromatic nitrogens is 2. The maximum Gasteiger partial charge on any atom is 0.323 e. The van der Waals surface area contributed by atoms with Crippen molar-refractivity contribution in [1.82, 2.24) is 9.97 Å². The quantitative estimate of drug-likeness (QED) is 0.676. The Morgan fingerprint density at radius 1 is 1.12 bits per heavy atom. The number of anilines is 1. The molecule has 24 heavy (non-hydrogen) atoms. The van der Waals surface area contributed by atoms with E-state index in [0.29, 0.717) is 38.8 Å². The Morgan fingerprint density at radius 2 is 1.88 bits per heavy atom. The molecule has 0 spiro atoms. The molecule has 124 valence electrons. The summed E-state index contributed by atoms with van der Waals surface area (Å²) >= 11 is 6.05. The third-order valence-corrected chi connectivity index (χ3v) is 3.81. The van der Waals surface area contributed by atoms with Crippen LogP contribution in [0.25, 0.3) is 11.0 Å². The van der Waals surface area contributed by atoms with Gasteiger partial charge in [0.2, 0.25) is 0 Å². The van der Waals surface area contributed by atoms with Crippen molar-refractivity contribution in [1.29, 1.82) is 0 Å². The number of rotatable bonds is 4. The molecule has 0 atom stereocenters. The number of halogens is 1. The van der Waals surface area contributed by atoms with Crippen molar-refractivity contribution in [2.75, 3.05) is 19.5 Å². The zero-order valence-corrected chi connectivity index (χ0v) is 13.7. The molecule has 3 aromatic rings. The van der Waals surface area contributed by atoms with Gasteiger partial charge >= 0.3 is 5.69 Å². The molecule has 8 heteroatoms. The molecule has 7 nitrogen and oxygen atoms in total. The lowest BCUT2D eigenvalue weighted by Crippen LogP contribution is -2.13. The molecule has 0 fully saturated rings. The van der Waals surface area contributed by atoms with Crippen LogP contribution in [0.1, 0.15) is 10.4 Å². The van der Waals surface area contributed by atoms with Crippen molar-refractivity contribution in [3.8, 4) is 11.5 Å². The first-order chi connectivity index (χ1) is 11.5. The van der Waals surface area contributed by atoms with Gasteiger partial charge in [-0.05, 0) is 12.1 Å². The second kappa shape index (κ2) is 6.29. The number of hydrogen-bond donors (Lipinski definition) is 3. The summed E-state index contributed by atoms with van der Waals surface area (Å²) in [5, 5.41) is 3.11. The van der Waals surface area contributed by atoms with Crippen molar-refractivity contribution < 1.29 is 14.3 Å². The van der Waals surface area contributed by atoms with Crippen LogP contribution in [0, 0.1) is 0 Å². The third kappa shape index (κ3) is 2.81. The molecule has 1 heterocycles. The number of nitrogens with one attached hydrogen (secondary N) is 3. The van der Waals surface area contributed by atoms with E-state index in [0.717, 1.165) is 0 Å². The van der Waals surface area contributed by atoms with Crippen molar-refractivity contribution in [2.24, 2.45) is 0 Å². The SMILES string of the molecule is COc1cc(NC(=O)c2cccc3[nH]c(=O)[nH]c23)c(OC)cc1Cl. The zero-order valence-electron chi connectivity index (χ0n) is 12.9. The maximum absolute atomic E-state index is 12.6. The highest BCUT2D eigenvalue weighted by molar-refractivity contribution is 6.32. The number of carbonyl (C=O) groups excluding carboxylic acids is 1. The van der Waals surface area contributed by atoms with E-state index in [1.165, 1.54) is 14.2 Å². The van der Waals surface area contributed by atoms with Gasteiger partial charge in [0.05, 0.1) is 41.5 Å². The number of para-hydroxylation sites is 1. The molecule has 1 aromatic heterocycles. The molecule has 0 aliphatic carbocycles. The first-order valence-electron chi connectivity index (χ1n) is 6.97. The molecule has 0 aliphatic heterocycles. The minimum Gasteiger partial charge on any atom is -0.495 e. The van der Waals surface area contributed by atoms with Crippen LogP contribution in [-0.4, -0.2) is 30.1 Å². The van der Waals surface area contributed by atoms with Crippen molar-refractivity contribution in [3.63, 3.8) is 0 Å². The van der Waals surface area contributed by atoms with Crippen LogP contribution in [0.3, 0.4) is 0 Å². The molecule has 0 saturated carbocycles. The van der Waals surface area contributed by atoms with Crippen molar-refractivity contribution in [2.45, 2.75) is 0 Å². The Morgan fingerprint density at radius 3 is 2.58 bits per heavy atom. The monoisotopic (exact) mass is 347 g/mol. The highest BCUT2D eigenvalue weighted by Crippen LogP contribution is 2.36. The van der Waals surface area contributed by atoms with Gasteiger partial charge in [0.1, 0.15) is 11.5 Å². The number of hydrogen-bond acceptors (Lipinski definition) is 4. The highest BCUT2D eigenvalue weighted by atomic mass is 35.5. The molecule has 2 aromatic carbocycles. The van der Waals surface area contributed by atoms with Gasteiger partial charge in [-0.2, -0.15) is 0 Å². The maximum atomic E-state index is 12.6. The molecular weight excluding hydrogens is 334 g/mol. The topological polar surface area (TPSA) is 96.2 Å². The van der Waals surface area contributed by atoms with Gasteiger partial charge in [0.25, 0.3) is 5.91 Å². The van der Waals surface area contributed by atoms with Gasteiger partial charge in [-0.3, -0.25) is 4.79 Å². The standard InChI is InChI=1S/C16H14ClN3O4/c1-23-12-7-11(13(24-2)6-9(12)17)18-15(21)8-4-3-5-10-14(8)20-16(22)19-10/h3-7H,1-2H3,(H,18,21)(H2,19,20,22). The molecular formula is C16H14ClN3O4. The molecule has 0 saturated heterocycles. The normalized spacial score (nSPS) is 10.6. The fourth-order valence-corrected chi connectivity index (χ4v) is 2.63. The van der Waals surface area contributed by atoms with E-state index in [1.807, 2.05) is 0 Å². The van der Waals surface area contributed by atoms with Gasteiger partial charge in [0.15, 0.2) is 0 Å². The molecule has 3 N–H and O–H groups in total. The third-order valence-electron chi connectivity index (χ3n) is 3.52. The van der Waals surface area contributed by atoms with Gasteiger partial charge in [-0.25, -0.2) is 4.79 Å². The van der Waals surface area contributed by atoms with Gasteiger partial charge in [0, 0.05) is 12.1 Å². The molecule has 1 amide bonds. The first kappa shape index (κ1) is 15.9. The largest absolute Gasteiger partial charge is 0.495 e. The Bertz CT molecular complexity index is 977. The minimum atomic E-state index is -0.404.